The van der Waals surface area contributed by atoms with Gasteiger partial charge >= 0.3 is 6.03 Å². The maximum Gasteiger partial charge on any atom is 0.317 e. The van der Waals surface area contributed by atoms with Crippen LogP contribution in [0.2, 0.25) is 0 Å². The minimum Gasteiger partial charge on any atom is -0.334 e. The van der Waals surface area contributed by atoms with Crippen molar-refractivity contribution in [1.82, 2.24) is 20.1 Å². The molecule has 3 heterocycles. The SMILES string of the molecule is CN(Cc1nc2c(s1)CCCC2)C(=O)N[C@H]1CCN2CCCC[C@@H]12. The standard InChI is InChI=1S/C18H28N4OS/c1-21(12-17-19-14-6-2-3-8-16(14)24-17)18(23)20-13-9-11-22-10-5-4-7-15(13)22/h13,15H,2-12H2,1H3,(H,20,23)/t13-,15-/m0/s1. The molecule has 2 amide bonds. The molecule has 0 radical (unpaired) electrons. The smallest absolute Gasteiger partial charge is 0.317 e. The molecular weight excluding hydrogens is 320 g/mol. The van der Waals surface area contributed by atoms with Crippen molar-refractivity contribution in [2.24, 2.45) is 0 Å². The molecule has 2 saturated heterocycles. The fourth-order valence-electron chi connectivity index (χ4n) is 4.43. The molecule has 2 aliphatic heterocycles. The van der Waals surface area contributed by atoms with Gasteiger partial charge in [-0.3, -0.25) is 4.90 Å². The van der Waals surface area contributed by atoms with E-state index in [0.29, 0.717) is 18.6 Å². The first kappa shape index (κ1) is 16.3. The van der Waals surface area contributed by atoms with E-state index in [2.05, 4.69) is 10.2 Å². The molecule has 0 spiro atoms. The highest BCUT2D eigenvalue weighted by Gasteiger charge is 2.36. The van der Waals surface area contributed by atoms with Crippen molar-refractivity contribution in [2.45, 2.75) is 70.0 Å². The van der Waals surface area contributed by atoms with Gasteiger partial charge in [-0.05, 0) is 51.5 Å². The third-order valence-electron chi connectivity index (χ3n) is 5.77. The quantitative estimate of drug-likeness (QED) is 0.914. The van der Waals surface area contributed by atoms with E-state index in [9.17, 15) is 4.79 Å². The van der Waals surface area contributed by atoms with Crippen molar-refractivity contribution in [3.8, 4) is 0 Å². The molecule has 2 atom stereocenters. The molecule has 0 saturated carbocycles. The summed E-state index contributed by atoms with van der Waals surface area (Å²) in [6.07, 6.45) is 9.75. The molecule has 0 aromatic carbocycles. The van der Waals surface area contributed by atoms with Crippen LogP contribution in [0.15, 0.2) is 0 Å². The number of aromatic nitrogens is 1. The Morgan fingerprint density at radius 3 is 3.00 bits per heavy atom. The predicted molar refractivity (Wildman–Crippen MR) is 96.4 cm³/mol. The van der Waals surface area contributed by atoms with Gasteiger partial charge in [0.1, 0.15) is 5.01 Å². The summed E-state index contributed by atoms with van der Waals surface area (Å²) < 4.78 is 0. The van der Waals surface area contributed by atoms with Crippen LogP contribution in [0.1, 0.15) is 54.1 Å². The van der Waals surface area contributed by atoms with Crippen LogP contribution >= 0.6 is 11.3 Å². The number of piperidine rings is 1. The number of aryl methyl sites for hydroxylation is 2. The van der Waals surface area contributed by atoms with Crippen molar-refractivity contribution < 1.29 is 4.79 Å². The van der Waals surface area contributed by atoms with Crippen molar-refractivity contribution in [3.63, 3.8) is 0 Å². The van der Waals surface area contributed by atoms with E-state index in [1.807, 2.05) is 7.05 Å². The maximum atomic E-state index is 12.6. The van der Waals surface area contributed by atoms with Gasteiger partial charge in [0.2, 0.25) is 0 Å². The van der Waals surface area contributed by atoms with E-state index in [1.165, 1.54) is 55.6 Å². The first-order chi connectivity index (χ1) is 11.7. The summed E-state index contributed by atoms with van der Waals surface area (Å²) in [7, 11) is 1.89. The molecule has 1 aliphatic carbocycles. The lowest BCUT2D eigenvalue weighted by atomic mass is 9.99. The van der Waals surface area contributed by atoms with Crippen LogP contribution < -0.4 is 5.32 Å². The van der Waals surface area contributed by atoms with Crippen LogP contribution in [0.3, 0.4) is 0 Å². The summed E-state index contributed by atoms with van der Waals surface area (Å²) in [5, 5.41) is 4.37. The number of urea groups is 1. The summed E-state index contributed by atoms with van der Waals surface area (Å²) >= 11 is 1.80. The van der Waals surface area contributed by atoms with Crippen LogP contribution in [-0.4, -0.2) is 53.0 Å². The highest BCUT2D eigenvalue weighted by Crippen LogP contribution is 2.28. The van der Waals surface area contributed by atoms with Gasteiger partial charge < -0.3 is 10.2 Å². The van der Waals surface area contributed by atoms with Crippen LogP contribution in [0.5, 0.6) is 0 Å². The lowest BCUT2D eigenvalue weighted by molar-refractivity contribution is 0.170. The van der Waals surface area contributed by atoms with E-state index in [4.69, 9.17) is 4.98 Å². The zero-order valence-corrected chi connectivity index (χ0v) is 15.4. The fourth-order valence-corrected chi connectivity index (χ4v) is 5.64. The Hall–Kier alpha value is -1.14. The van der Waals surface area contributed by atoms with Crippen LogP contribution in [0.25, 0.3) is 0 Å². The van der Waals surface area contributed by atoms with E-state index < -0.39 is 0 Å². The minimum atomic E-state index is 0.0561. The fraction of sp³-hybridized carbons (Fsp3) is 0.778. The number of thiazole rings is 1. The molecule has 1 aromatic heterocycles. The normalized spacial score (nSPS) is 26.7. The maximum absolute atomic E-state index is 12.6. The molecule has 1 aromatic rings. The first-order valence-corrected chi connectivity index (χ1v) is 10.3. The van der Waals surface area contributed by atoms with Gasteiger partial charge in [-0.2, -0.15) is 0 Å². The van der Waals surface area contributed by atoms with Gasteiger partial charge in [-0.15, -0.1) is 11.3 Å². The zero-order valence-electron chi connectivity index (χ0n) is 14.6. The second-order valence-corrected chi connectivity index (χ2v) is 8.65. The van der Waals surface area contributed by atoms with E-state index >= 15 is 0 Å². The second-order valence-electron chi connectivity index (χ2n) is 7.48. The number of carbonyl (C=O) groups is 1. The Balaban J connectivity index is 1.33. The summed E-state index contributed by atoms with van der Waals surface area (Å²) in [6, 6.07) is 0.939. The average Bonchev–Trinajstić information content (AvgIpc) is 3.18. The summed E-state index contributed by atoms with van der Waals surface area (Å²) in [5.74, 6) is 0. The van der Waals surface area contributed by atoms with Crippen molar-refractivity contribution in [2.75, 3.05) is 20.1 Å². The second kappa shape index (κ2) is 7.00. The van der Waals surface area contributed by atoms with E-state index in [1.54, 1.807) is 16.2 Å². The van der Waals surface area contributed by atoms with Crippen molar-refractivity contribution in [3.05, 3.63) is 15.6 Å². The van der Waals surface area contributed by atoms with Crippen molar-refractivity contribution in [1.29, 1.82) is 0 Å². The lowest BCUT2D eigenvalue weighted by Gasteiger charge is -2.33. The van der Waals surface area contributed by atoms with Crippen LogP contribution in [0.4, 0.5) is 4.79 Å². The van der Waals surface area contributed by atoms with Gasteiger partial charge in [-0.1, -0.05) is 6.42 Å². The predicted octanol–water partition coefficient (Wildman–Crippen LogP) is 2.79. The number of fused-ring (bicyclic) bond motifs is 2. The molecule has 6 heteroatoms. The summed E-state index contributed by atoms with van der Waals surface area (Å²) in [6.45, 7) is 2.97. The summed E-state index contributed by atoms with van der Waals surface area (Å²) in [5.41, 5.74) is 1.28. The number of hydrogen-bond donors (Lipinski definition) is 1. The first-order valence-electron chi connectivity index (χ1n) is 9.44. The molecular formula is C18H28N4OS. The molecule has 0 unspecified atom stereocenters. The van der Waals surface area contributed by atoms with Gasteiger partial charge in [0.25, 0.3) is 0 Å². The summed E-state index contributed by atoms with van der Waals surface area (Å²) in [4.78, 5) is 23.2. The number of nitrogens with zero attached hydrogens (tertiary/aromatic N) is 3. The number of carbonyl (C=O) groups excluding carboxylic acids is 1. The molecule has 3 aliphatic rings. The monoisotopic (exact) mass is 348 g/mol. The van der Waals surface area contributed by atoms with Gasteiger partial charge in [0.15, 0.2) is 0 Å². The molecule has 4 rings (SSSR count). The third-order valence-corrected chi connectivity index (χ3v) is 6.92. The molecule has 0 bridgehead atoms. The lowest BCUT2D eigenvalue weighted by Crippen LogP contribution is -2.49. The molecule has 132 valence electrons. The van der Waals surface area contributed by atoms with Crippen molar-refractivity contribution >= 4 is 17.4 Å². The van der Waals surface area contributed by atoms with Crippen LogP contribution in [-0.2, 0) is 19.4 Å². The topological polar surface area (TPSA) is 48.5 Å². The Labute approximate surface area is 148 Å². The largest absolute Gasteiger partial charge is 0.334 e. The highest BCUT2D eigenvalue weighted by atomic mass is 32.1. The number of hydrogen-bond acceptors (Lipinski definition) is 4. The molecule has 5 nitrogen and oxygen atoms in total. The average molecular weight is 349 g/mol. The van der Waals surface area contributed by atoms with Gasteiger partial charge in [-0.25, -0.2) is 9.78 Å². The minimum absolute atomic E-state index is 0.0561. The van der Waals surface area contributed by atoms with E-state index in [-0.39, 0.29) is 6.03 Å². The van der Waals surface area contributed by atoms with Crippen LogP contribution in [0, 0.1) is 0 Å². The Morgan fingerprint density at radius 1 is 1.25 bits per heavy atom. The molecule has 2 fully saturated rings. The third kappa shape index (κ3) is 3.31. The number of amides is 2. The van der Waals surface area contributed by atoms with E-state index in [0.717, 1.165) is 24.4 Å². The Morgan fingerprint density at radius 2 is 2.12 bits per heavy atom. The molecule has 24 heavy (non-hydrogen) atoms. The zero-order chi connectivity index (χ0) is 16.5. The molecule has 1 N–H and O–H groups in total. The van der Waals surface area contributed by atoms with Gasteiger partial charge in [0, 0.05) is 30.6 Å². The highest BCUT2D eigenvalue weighted by molar-refractivity contribution is 7.11. The Bertz CT molecular complexity index is 578. The van der Waals surface area contributed by atoms with Gasteiger partial charge in [0.05, 0.1) is 12.2 Å². The Kier molecular flexibility index (Phi) is 4.77. The number of nitrogens with one attached hydrogen (secondary N) is 1. The number of rotatable bonds is 3.